The molecule has 1 fully saturated rings. The van der Waals surface area contributed by atoms with Gasteiger partial charge in [0.1, 0.15) is 18.2 Å². The second-order valence-corrected chi connectivity index (χ2v) is 7.17. The first-order valence-corrected chi connectivity index (χ1v) is 10.1. The Bertz CT molecular complexity index is 783. The monoisotopic (exact) mass is 525 g/mol. The highest BCUT2D eigenvalue weighted by atomic mass is 127. The maximum absolute atomic E-state index is 5.73. The summed E-state index contributed by atoms with van der Waals surface area (Å²) in [4.78, 5) is 11.1. The highest BCUT2D eigenvalue weighted by molar-refractivity contribution is 14.0. The third kappa shape index (κ3) is 7.64. The summed E-state index contributed by atoms with van der Waals surface area (Å²) in [7, 11) is 1.76. The van der Waals surface area contributed by atoms with Crippen molar-refractivity contribution in [1.82, 2.24) is 15.6 Å². The van der Waals surface area contributed by atoms with E-state index in [1.54, 1.807) is 7.05 Å². The Morgan fingerprint density at radius 1 is 1.23 bits per heavy atom. The molecule has 3 rings (SSSR count). The van der Waals surface area contributed by atoms with Gasteiger partial charge in [-0.05, 0) is 37.6 Å². The van der Waals surface area contributed by atoms with Gasteiger partial charge in [0.2, 0.25) is 0 Å². The molecular formula is C22H32IN5O2. The minimum absolute atomic E-state index is 0. The van der Waals surface area contributed by atoms with Gasteiger partial charge in [-0.2, -0.15) is 0 Å². The van der Waals surface area contributed by atoms with Gasteiger partial charge in [-0.15, -0.1) is 24.0 Å². The van der Waals surface area contributed by atoms with Crippen molar-refractivity contribution in [3.8, 4) is 5.75 Å². The maximum Gasteiger partial charge on any atom is 0.191 e. The normalized spacial score (nSPS) is 16.6. The number of benzene rings is 1. The van der Waals surface area contributed by atoms with E-state index in [2.05, 4.69) is 51.5 Å². The topological polar surface area (TPSA) is 71.0 Å². The minimum Gasteiger partial charge on any atom is -0.492 e. The van der Waals surface area contributed by atoms with Gasteiger partial charge in [0, 0.05) is 32.9 Å². The first-order valence-electron chi connectivity index (χ1n) is 10.1. The summed E-state index contributed by atoms with van der Waals surface area (Å²) < 4.78 is 11.3. The molecule has 2 heterocycles. The van der Waals surface area contributed by atoms with Crippen molar-refractivity contribution in [1.29, 1.82) is 0 Å². The molecule has 164 valence electrons. The van der Waals surface area contributed by atoms with Gasteiger partial charge in [0.15, 0.2) is 5.96 Å². The molecule has 0 amide bonds. The zero-order valence-electron chi connectivity index (χ0n) is 17.9. The molecule has 0 aliphatic carbocycles. The summed E-state index contributed by atoms with van der Waals surface area (Å²) in [6.07, 6.45) is 2.16. The third-order valence-electron chi connectivity index (χ3n) is 4.74. The molecule has 1 saturated heterocycles. The molecular weight excluding hydrogens is 493 g/mol. The molecule has 30 heavy (non-hydrogen) atoms. The van der Waals surface area contributed by atoms with E-state index in [1.807, 2.05) is 30.5 Å². The third-order valence-corrected chi connectivity index (χ3v) is 4.74. The van der Waals surface area contributed by atoms with E-state index >= 15 is 0 Å². The Morgan fingerprint density at radius 2 is 2.03 bits per heavy atom. The molecule has 0 spiro atoms. The van der Waals surface area contributed by atoms with E-state index in [9.17, 15) is 0 Å². The van der Waals surface area contributed by atoms with Gasteiger partial charge in [0.25, 0.3) is 0 Å². The van der Waals surface area contributed by atoms with Crippen LogP contribution in [0.5, 0.6) is 5.75 Å². The SMILES string of the molecule is CN=C(NCCOc1ccc(C)cc1)NCc1ccc(N2CCOC(C)C2)nc1.I. The lowest BCUT2D eigenvalue weighted by Gasteiger charge is -2.32. The molecule has 8 heteroatoms. The number of hydrogen-bond acceptors (Lipinski definition) is 5. The molecule has 0 radical (unpaired) electrons. The fourth-order valence-corrected chi connectivity index (χ4v) is 3.11. The van der Waals surface area contributed by atoms with Crippen LogP contribution >= 0.6 is 24.0 Å². The van der Waals surface area contributed by atoms with Crippen LogP contribution in [0.2, 0.25) is 0 Å². The summed E-state index contributed by atoms with van der Waals surface area (Å²) in [6, 6.07) is 12.2. The molecule has 1 aromatic carbocycles. The van der Waals surface area contributed by atoms with Crippen molar-refractivity contribution in [2.45, 2.75) is 26.5 Å². The zero-order valence-corrected chi connectivity index (χ0v) is 20.3. The van der Waals surface area contributed by atoms with Gasteiger partial charge in [0.05, 0.1) is 19.3 Å². The van der Waals surface area contributed by atoms with Gasteiger partial charge >= 0.3 is 0 Å². The number of anilines is 1. The lowest BCUT2D eigenvalue weighted by molar-refractivity contribution is 0.0529. The number of nitrogens with zero attached hydrogens (tertiary/aromatic N) is 3. The predicted molar refractivity (Wildman–Crippen MR) is 132 cm³/mol. The first kappa shape index (κ1) is 24.2. The maximum atomic E-state index is 5.73. The molecule has 1 aliphatic heterocycles. The van der Waals surface area contributed by atoms with E-state index < -0.39 is 0 Å². The fourth-order valence-electron chi connectivity index (χ4n) is 3.11. The van der Waals surface area contributed by atoms with E-state index in [1.165, 1.54) is 5.56 Å². The summed E-state index contributed by atoms with van der Waals surface area (Å²) in [5, 5.41) is 6.57. The summed E-state index contributed by atoms with van der Waals surface area (Å²) in [6.45, 7) is 8.56. The molecule has 7 nitrogen and oxygen atoms in total. The standard InChI is InChI=1S/C22H31N5O2.HI/c1-17-4-7-20(8-5-17)29-12-10-24-22(23-3)26-15-19-6-9-21(25-14-19)27-11-13-28-18(2)16-27;/h4-9,14,18H,10-13,15-16H2,1-3H3,(H2,23,24,26);1H. The van der Waals surface area contributed by atoms with Crippen molar-refractivity contribution in [2.24, 2.45) is 4.99 Å². The lowest BCUT2D eigenvalue weighted by atomic mass is 10.2. The van der Waals surface area contributed by atoms with Crippen LogP contribution in [-0.4, -0.2) is 56.9 Å². The lowest BCUT2D eigenvalue weighted by Crippen LogP contribution is -2.41. The van der Waals surface area contributed by atoms with Gasteiger partial charge < -0.3 is 25.0 Å². The number of nitrogens with one attached hydrogen (secondary N) is 2. The van der Waals surface area contributed by atoms with Crippen LogP contribution in [0.1, 0.15) is 18.1 Å². The molecule has 1 atom stereocenters. The number of halogens is 1. The van der Waals surface area contributed by atoms with Gasteiger partial charge in [-0.25, -0.2) is 4.98 Å². The van der Waals surface area contributed by atoms with Crippen molar-refractivity contribution >= 4 is 35.8 Å². The predicted octanol–water partition coefficient (Wildman–Crippen LogP) is 2.98. The van der Waals surface area contributed by atoms with Crippen LogP contribution in [0.25, 0.3) is 0 Å². The van der Waals surface area contributed by atoms with E-state index in [0.29, 0.717) is 19.7 Å². The number of ether oxygens (including phenoxy) is 2. The number of pyridine rings is 1. The number of guanidine groups is 1. The molecule has 0 saturated carbocycles. The largest absolute Gasteiger partial charge is 0.492 e. The number of morpholine rings is 1. The number of rotatable bonds is 7. The Balaban J connectivity index is 0.00000320. The van der Waals surface area contributed by atoms with Crippen LogP contribution in [0.15, 0.2) is 47.6 Å². The molecule has 2 N–H and O–H groups in total. The Hall–Kier alpha value is -2.07. The first-order chi connectivity index (χ1) is 14.1. The Labute approximate surface area is 196 Å². The number of aryl methyl sites for hydroxylation is 1. The van der Waals surface area contributed by atoms with Crippen molar-refractivity contribution in [3.05, 3.63) is 53.7 Å². The van der Waals surface area contributed by atoms with Crippen molar-refractivity contribution < 1.29 is 9.47 Å². The Kier molecular flexibility index (Phi) is 10.2. The average molecular weight is 525 g/mol. The van der Waals surface area contributed by atoms with E-state index in [4.69, 9.17) is 9.47 Å². The van der Waals surface area contributed by atoms with Crippen LogP contribution in [-0.2, 0) is 11.3 Å². The van der Waals surface area contributed by atoms with E-state index in [0.717, 1.165) is 42.8 Å². The van der Waals surface area contributed by atoms with Crippen LogP contribution in [0.3, 0.4) is 0 Å². The van der Waals surface area contributed by atoms with Gasteiger partial charge in [-0.3, -0.25) is 4.99 Å². The number of aliphatic imine (C=N–C) groups is 1. The molecule has 2 aromatic rings. The summed E-state index contributed by atoms with van der Waals surface area (Å²) in [5.74, 6) is 2.62. The minimum atomic E-state index is 0. The smallest absolute Gasteiger partial charge is 0.191 e. The van der Waals surface area contributed by atoms with E-state index in [-0.39, 0.29) is 30.1 Å². The summed E-state index contributed by atoms with van der Waals surface area (Å²) >= 11 is 0. The highest BCUT2D eigenvalue weighted by Gasteiger charge is 2.17. The van der Waals surface area contributed by atoms with Crippen molar-refractivity contribution in [2.75, 3.05) is 44.8 Å². The molecule has 1 aromatic heterocycles. The van der Waals surface area contributed by atoms with Crippen molar-refractivity contribution in [3.63, 3.8) is 0 Å². The number of aromatic nitrogens is 1. The van der Waals surface area contributed by atoms with Crippen LogP contribution < -0.4 is 20.3 Å². The average Bonchev–Trinajstić information content (AvgIpc) is 2.75. The van der Waals surface area contributed by atoms with Gasteiger partial charge in [-0.1, -0.05) is 23.8 Å². The Morgan fingerprint density at radius 3 is 2.70 bits per heavy atom. The second-order valence-electron chi connectivity index (χ2n) is 7.17. The highest BCUT2D eigenvalue weighted by Crippen LogP contribution is 2.15. The quantitative estimate of drug-likeness (QED) is 0.251. The fraction of sp³-hybridized carbons (Fsp3) is 0.455. The van der Waals surface area contributed by atoms with Crippen LogP contribution in [0, 0.1) is 6.92 Å². The second kappa shape index (κ2) is 12.6. The molecule has 1 aliphatic rings. The zero-order chi connectivity index (χ0) is 20.5. The molecule has 1 unspecified atom stereocenters. The van der Waals surface area contributed by atoms with Crippen LogP contribution in [0.4, 0.5) is 5.82 Å². The number of hydrogen-bond donors (Lipinski definition) is 2. The molecule has 0 bridgehead atoms. The summed E-state index contributed by atoms with van der Waals surface area (Å²) in [5.41, 5.74) is 2.33.